The van der Waals surface area contributed by atoms with Crippen LogP contribution < -0.4 is 5.32 Å². The third-order valence-electron chi connectivity index (χ3n) is 2.74. The lowest BCUT2D eigenvalue weighted by Crippen LogP contribution is -2.34. The molecule has 0 saturated carbocycles. The van der Waals surface area contributed by atoms with Gasteiger partial charge in [0.05, 0.1) is 6.54 Å². The third kappa shape index (κ3) is 7.40. The fourth-order valence-electron chi connectivity index (χ4n) is 1.80. The number of carbonyl (C=O) groups excluding carboxylic acids is 1. The average Bonchev–Trinajstić information content (AvgIpc) is 2.39. The van der Waals surface area contributed by atoms with Crippen LogP contribution in [0.5, 0.6) is 0 Å². The van der Waals surface area contributed by atoms with E-state index in [1.165, 1.54) is 4.90 Å². The third-order valence-corrected chi connectivity index (χ3v) is 2.74. The van der Waals surface area contributed by atoms with Crippen LogP contribution in [0.4, 0.5) is 8.78 Å². The molecule has 0 radical (unpaired) electrons. The molecule has 0 aliphatic heterocycles. The van der Waals surface area contributed by atoms with Crippen LogP contribution in [0.15, 0.2) is 30.3 Å². The first kappa shape index (κ1) is 18.8. The van der Waals surface area contributed by atoms with Gasteiger partial charge in [0.25, 0.3) is 6.43 Å². The summed E-state index contributed by atoms with van der Waals surface area (Å²) in [7, 11) is 1.80. The van der Waals surface area contributed by atoms with Gasteiger partial charge in [0.1, 0.15) is 0 Å². The SMILES string of the molecule is CNCCCC(=O)N(Cc1ccccc1)CC(F)F.Cl. The number of carbonyl (C=O) groups is 1. The van der Waals surface area contributed by atoms with Crippen LogP contribution in [0.1, 0.15) is 18.4 Å². The highest BCUT2D eigenvalue weighted by atomic mass is 35.5. The number of halogens is 3. The van der Waals surface area contributed by atoms with Crippen LogP contribution in [0.3, 0.4) is 0 Å². The van der Waals surface area contributed by atoms with Crippen molar-refractivity contribution in [1.29, 1.82) is 0 Å². The number of alkyl halides is 2. The molecule has 0 aliphatic carbocycles. The van der Waals surface area contributed by atoms with Gasteiger partial charge >= 0.3 is 0 Å². The van der Waals surface area contributed by atoms with Gasteiger partial charge in [0, 0.05) is 13.0 Å². The van der Waals surface area contributed by atoms with Gasteiger partial charge in [-0.1, -0.05) is 30.3 Å². The summed E-state index contributed by atoms with van der Waals surface area (Å²) in [5.41, 5.74) is 0.866. The van der Waals surface area contributed by atoms with Crippen LogP contribution in [0, 0.1) is 0 Å². The van der Waals surface area contributed by atoms with Crippen molar-refractivity contribution in [3.8, 4) is 0 Å². The summed E-state index contributed by atoms with van der Waals surface area (Å²) < 4.78 is 25.1. The molecule has 0 aliphatic rings. The minimum absolute atomic E-state index is 0. The Balaban J connectivity index is 0.00000361. The summed E-state index contributed by atoms with van der Waals surface area (Å²) >= 11 is 0. The maximum atomic E-state index is 12.5. The first-order valence-electron chi connectivity index (χ1n) is 6.38. The molecule has 0 fully saturated rings. The molecule has 0 aromatic heterocycles. The molecule has 0 atom stereocenters. The zero-order chi connectivity index (χ0) is 14.1. The van der Waals surface area contributed by atoms with Crippen molar-refractivity contribution >= 4 is 18.3 Å². The molecule has 1 aromatic carbocycles. The van der Waals surface area contributed by atoms with Crippen molar-refractivity contribution in [2.24, 2.45) is 0 Å². The van der Waals surface area contributed by atoms with Crippen molar-refractivity contribution < 1.29 is 13.6 Å². The number of amides is 1. The van der Waals surface area contributed by atoms with E-state index in [4.69, 9.17) is 0 Å². The van der Waals surface area contributed by atoms with Crippen LogP contribution in [0.2, 0.25) is 0 Å². The van der Waals surface area contributed by atoms with Gasteiger partial charge in [-0.15, -0.1) is 12.4 Å². The Kier molecular flexibility index (Phi) is 9.94. The lowest BCUT2D eigenvalue weighted by Gasteiger charge is -2.22. The molecule has 0 bridgehead atoms. The number of nitrogens with one attached hydrogen (secondary N) is 1. The molecule has 0 saturated heterocycles. The standard InChI is InChI=1S/C14H20F2N2O.ClH/c1-17-9-5-8-14(19)18(11-13(15)16)10-12-6-3-2-4-7-12;/h2-4,6-7,13,17H,5,8-11H2,1H3;1H. The van der Waals surface area contributed by atoms with Crippen molar-refractivity contribution in [3.63, 3.8) is 0 Å². The van der Waals surface area contributed by atoms with E-state index < -0.39 is 13.0 Å². The monoisotopic (exact) mass is 306 g/mol. The van der Waals surface area contributed by atoms with E-state index in [2.05, 4.69) is 5.32 Å². The topological polar surface area (TPSA) is 32.3 Å². The second-order valence-electron chi connectivity index (χ2n) is 4.36. The smallest absolute Gasteiger partial charge is 0.255 e. The highest BCUT2D eigenvalue weighted by molar-refractivity contribution is 5.85. The van der Waals surface area contributed by atoms with Gasteiger partial charge in [-0.05, 0) is 25.6 Å². The lowest BCUT2D eigenvalue weighted by atomic mass is 10.2. The Morgan fingerprint density at radius 1 is 1.30 bits per heavy atom. The minimum atomic E-state index is -2.50. The van der Waals surface area contributed by atoms with Gasteiger partial charge in [-0.2, -0.15) is 0 Å². The summed E-state index contributed by atoms with van der Waals surface area (Å²) in [6, 6.07) is 9.19. The van der Waals surface area contributed by atoms with Crippen molar-refractivity contribution in [2.45, 2.75) is 25.8 Å². The van der Waals surface area contributed by atoms with E-state index in [9.17, 15) is 13.6 Å². The van der Waals surface area contributed by atoms with Gasteiger partial charge in [-0.25, -0.2) is 8.78 Å². The molecule has 0 spiro atoms. The second kappa shape index (κ2) is 10.6. The Morgan fingerprint density at radius 2 is 1.95 bits per heavy atom. The molecular formula is C14H21ClF2N2O. The van der Waals surface area contributed by atoms with Crippen LogP contribution in [-0.4, -0.2) is 37.4 Å². The van der Waals surface area contributed by atoms with Crippen molar-refractivity contribution in [2.75, 3.05) is 20.1 Å². The van der Waals surface area contributed by atoms with Gasteiger partial charge in [-0.3, -0.25) is 4.79 Å². The predicted octanol–water partition coefficient (Wildman–Crippen LogP) is 2.70. The number of rotatable bonds is 8. The summed E-state index contributed by atoms with van der Waals surface area (Å²) in [5, 5.41) is 2.93. The van der Waals surface area contributed by atoms with E-state index >= 15 is 0 Å². The van der Waals surface area contributed by atoms with E-state index in [0.29, 0.717) is 19.4 Å². The molecule has 3 nitrogen and oxygen atoms in total. The molecule has 0 unspecified atom stereocenters. The fraction of sp³-hybridized carbons (Fsp3) is 0.500. The quantitative estimate of drug-likeness (QED) is 0.749. The number of hydrogen-bond donors (Lipinski definition) is 1. The molecule has 1 aromatic rings. The summed E-state index contributed by atoms with van der Waals surface area (Å²) in [6.45, 7) is 0.441. The van der Waals surface area contributed by atoms with Crippen LogP contribution in [0.25, 0.3) is 0 Å². The molecule has 20 heavy (non-hydrogen) atoms. The van der Waals surface area contributed by atoms with Crippen LogP contribution >= 0.6 is 12.4 Å². The molecular weight excluding hydrogens is 286 g/mol. The molecule has 1 rings (SSSR count). The average molecular weight is 307 g/mol. The second-order valence-corrected chi connectivity index (χ2v) is 4.36. The number of hydrogen-bond acceptors (Lipinski definition) is 2. The Hall–Kier alpha value is -1.20. The van der Waals surface area contributed by atoms with Crippen molar-refractivity contribution in [1.82, 2.24) is 10.2 Å². The highest BCUT2D eigenvalue weighted by Crippen LogP contribution is 2.09. The normalized spacial score (nSPS) is 10.2. The molecule has 0 heterocycles. The Labute approximate surface area is 124 Å². The first-order chi connectivity index (χ1) is 9.13. The Bertz CT molecular complexity index is 377. The number of nitrogens with zero attached hydrogens (tertiary/aromatic N) is 1. The summed E-state index contributed by atoms with van der Waals surface area (Å²) in [5.74, 6) is -0.223. The molecule has 1 N–H and O–H groups in total. The van der Waals surface area contributed by atoms with Crippen LogP contribution in [-0.2, 0) is 11.3 Å². The fourth-order valence-corrected chi connectivity index (χ4v) is 1.80. The number of benzene rings is 1. The predicted molar refractivity (Wildman–Crippen MR) is 78.3 cm³/mol. The Morgan fingerprint density at radius 3 is 2.50 bits per heavy atom. The summed E-state index contributed by atoms with van der Waals surface area (Å²) in [4.78, 5) is 13.2. The molecule has 114 valence electrons. The zero-order valence-corrected chi connectivity index (χ0v) is 12.3. The minimum Gasteiger partial charge on any atom is -0.333 e. The zero-order valence-electron chi connectivity index (χ0n) is 11.5. The largest absolute Gasteiger partial charge is 0.333 e. The van der Waals surface area contributed by atoms with E-state index in [-0.39, 0.29) is 24.9 Å². The van der Waals surface area contributed by atoms with Crippen molar-refractivity contribution in [3.05, 3.63) is 35.9 Å². The maximum Gasteiger partial charge on any atom is 0.255 e. The van der Waals surface area contributed by atoms with Gasteiger partial charge in [0.2, 0.25) is 5.91 Å². The van der Waals surface area contributed by atoms with Gasteiger partial charge in [0.15, 0.2) is 0 Å². The van der Waals surface area contributed by atoms with E-state index in [1.807, 2.05) is 30.3 Å². The maximum absolute atomic E-state index is 12.5. The summed E-state index contributed by atoms with van der Waals surface area (Å²) in [6.07, 6.45) is -1.55. The highest BCUT2D eigenvalue weighted by Gasteiger charge is 2.17. The lowest BCUT2D eigenvalue weighted by molar-refractivity contribution is -0.133. The van der Waals surface area contributed by atoms with E-state index in [1.54, 1.807) is 7.05 Å². The first-order valence-corrected chi connectivity index (χ1v) is 6.38. The van der Waals surface area contributed by atoms with Gasteiger partial charge < -0.3 is 10.2 Å². The molecule has 6 heteroatoms. The molecule has 1 amide bonds. The van der Waals surface area contributed by atoms with E-state index in [0.717, 1.165) is 5.56 Å².